The fraction of sp³-hybridized carbons (Fsp3) is 0.238. The molecule has 0 saturated heterocycles. The number of hydrogen-bond donors (Lipinski definition) is 4. The largest absolute Gasteiger partial charge is 0.509 e. The number of hydrogen-bond acceptors (Lipinski definition) is 6. The third-order valence-corrected chi connectivity index (χ3v) is 5.00. The van der Waals surface area contributed by atoms with Crippen LogP contribution in [-0.4, -0.2) is 52.9 Å². The molecule has 0 unspecified atom stereocenters. The van der Waals surface area contributed by atoms with Crippen LogP contribution < -0.4 is 14.4 Å². The second kappa shape index (κ2) is 7.48. The van der Waals surface area contributed by atoms with E-state index in [0.29, 0.717) is 28.6 Å². The zero-order valence-electron chi connectivity index (χ0n) is 16.1. The molecular formula is C21H22N4O4. The van der Waals surface area contributed by atoms with E-state index in [0.717, 1.165) is 11.0 Å². The first-order valence-electron chi connectivity index (χ1n) is 9.17. The molecule has 0 fully saturated rings. The number of ether oxygens (including phenoxy) is 2. The van der Waals surface area contributed by atoms with E-state index in [4.69, 9.17) is 14.9 Å². The number of benzene rings is 2. The van der Waals surface area contributed by atoms with Gasteiger partial charge in [-0.15, -0.1) is 0 Å². The van der Waals surface area contributed by atoms with Gasteiger partial charge in [0.1, 0.15) is 28.9 Å². The molecule has 0 bridgehead atoms. The molecule has 3 aromatic rings. The summed E-state index contributed by atoms with van der Waals surface area (Å²) < 4.78 is 10.7. The van der Waals surface area contributed by atoms with Gasteiger partial charge in [0.25, 0.3) is 0 Å². The molecule has 0 spiro atoms. The van der Waals surface area contributed by atoms with E-state index in [-0.39, 0.29) is 24.6 Å². The van der Waals surface area contributed by atoms with Crippen LogP contribution in [-0.2, 0) is 0 Å². The van der Waals surface area contributed by atoms with Crippen molar-refractivity contribution >= 4 is 28.1 Å². The molecular weight excluding hydrogens is 372 g/mol. The first kappa shape index (κ1) is 18.8. The number of aromatic nitrogens is 2. The number of fused-ring (bicyclic) bond motifs is 1. The molecule has 4 N–H and O–H groups in total. The fourth-order valence-corrected chi connectivity index (χ4v) is 3.62. The van der Waals surface area contributed by atoms with E-state index in [1.807, 2.05) is 24.3 Å². The smallest absolute Gasteiger partial charge is 0.145 e. The van der Waals surface area contributed by atoms with Gasteiger partial charge in [-0.2, -0.15) is 0 Å². The van der Waals surface area contributed by atoms with E-state index in [9.17, 15) is 10.2 Å². The van der Waals surface area contributed by atoms with E-state index in [1.54, 1.807) is 37.3 Å². The highest BCUT2D eigenvalue weighted by atomic mass is 16.5. The number of aromatic amines is 1. The van der Waals surface area contributed by atoms with E-state index < -0.39 is 6.04 Å². The van der Waals surface area contributed by atoms with E-state index >= 15 is 0 Å². The van der Waals surface area contributed by atoms with Gasteiger partial charge in [0.15, 0.2) is 0 Å². The molecule has 2 aromatic carbocycles. The molecule has 29 heavy (non-hydrogen) atoms. The van der Waals surface area contributed by atoms with Crippen LogP contribution in [0.25, 0.3) is 16.6 Å². The summed E-state index contributed by atoms with van der Waals surface area (Å²) >= 11 is 0. The van der Waals surface area contributed by atoms with Gasteiger partial charge in [0.05, 0.1) is 42.6 Å². The maximum atomic E-state index is 11.0. The number of para-hydroxylation sites is 2. The Morgan fingerprint density at radius 2 is 1.83 bits per heavy atom. The monoisotopic (exact) mass is 394 g/mol. The van der Waals surface area contributed by atoms with Gasteiger partial charge in [-0.1, -0.05) is 12.1 Å². The number of imidazole rings is 1. The quantitative estimate of drug-likeness (QED) is 0.511. The average molecular weight is 394 g/mol. The second-order valence-corrected chi connectivity index (χ2v) is 6.68. The lowest BCUT2D eigenvalue weighted by molar-refractivity contribution is 0.265. The lowest BCUT2D eigenvalue weighted by Crippen LogP contribution is -2.36. The lowest BCUT2D eigenvalue weighted by Gasteiger charge is -2.27. The number of aliphatic hydroxyl groups excluding tert-OH is 2. The highest BCUT2D eigenvalue weighted by Gasteiger charge is 2.39. The molecule has 0 amide bonds. The predicted octanol–water partition coefficient (Wildman–Crippen LogP) is 3.10. The fourth-order valence-electron chi connectivity index (χ4n) is 3.62. The Morgan fingerprint density at radius 1 is 1.14 bits per heavy atom. The number of nitrogens with zero attached hydrogens (tertiary/aromatic N) is 2. The zero-order chi connectivity index (χ0) is 20.5. The van der Waals surface area contributed by atoms with Crippen molar-refractivity contribution in [2.24, 2.45) is 0 Å². The number of methoxy groups -OCH3 is 2. The Kier molecular flexibility index (Phi) is 4.85. The number of aliphatic hydroxyl groups is 2. The summed E-state index contributed by atoms with van der Waals surface area (Å²) in [7, 11) is 3.10. The standard InChI is InChI=1S/C21H22N4O4/c1-28-13-9-12(10-14(11-13)29-2)25-17(7-8-26)19(27)18(20(25)22)21-23-15-5-3-4-6-16(15)24-21/h3-6,9-11,17,22,26-27H,7-8H2,1-2H3,(H,23,24)/t17-/m0/s1. The highest BCUT2D eigenvalue weighted by Crippen LogP contribution is 2.39. The molecule has 1 atom stereocenters. The van der Waals surface area contributed by atoms with E-state index in [1.165, 1.54) is 0 Å². The molecule has 1 aliphatic rings. The van der Waals surface area contributed by atoms with Crippen LogP contribution >= 0.6 is 0 Å². The maximum absolute atomic E-state index is 11.0. The third-order valence-electron chi connectivity index (χ3n) is 5.00. The molecule has 8 nitrogen and oxygen atoms in total. The van der Waals surface area contributed by atoms with Crippen molar-refractivity contribution in [3.05, 3.63) is 54.0 Å². The minimum atomic E-state index is -0.604. The van der Waals surface area contributed by atoms with Crippen molar-refractivity contribution in [3.8, 4) is 11.5 Å². The molecule has 4 rings (SSSR count). The van der Waals surface area contributed by atoms with Crippen molar-refractivity contribution < 1.29 is 19.7 Å². The van der Waals surface area contributed by atoms with Gasteiger partial charge < -0.3 is 29.6 Å². The summed E-state index contributed by atoms with van der Waals surface area (Å²) in [6.07, 6.45) is 0.247. The molecule has 8 heteroatoms. The van der Waals surface area contributed by atoms with Crippen LogP contribution in [0.5, 0.6) is 11.5 Å². The Morgan fingerprint density at radius 3 is 2.45 bits per heavy atom. The summed E-state index contributed by atoms with van der Waals surface area (Å²) in [5.74, 6) is 1.60. The first-order chi connectivity index (χ1) is 14.1. The van der Waals surface area contributed by atoms with E-state index in [2.05, 4.69) is 9.97 Å². The number of rotatable bonds is 6. The number of nitrogens with one attached hydrogen (secondary N) is 2. The number of anilines is 1. The van der Waals surface area contributed by atoms with Gasteiger partial charge in [-0.3, -0.25) is 5.41 Å². The molecule has 2 heterocycles. The number of amidine groups is 1. The predicted molar refractivity (Wildman–Crippen MR) is 111 cm³/mol. The summed E-state index contributed by atoms with van der Waals surface area (Å²) in [6.45, 7) is -0.146. The zero-order valence-corrected chi connectivity index (χ0v) is 16.1. The normalized spacial score (nSPS) is 16.7. The van der Waals surface area contributed by atoms with Gasteiger partial charge in [-0.25, -0.2) is 4.98 Å². The Bertz CT molecular complexity index is 1050. The van der Waals surface area contributed by atoms with Gasteiger partial charge in [0, 0.05) is 24.8 Å². The summed E-state index contributed by atoms with van der Waals surface area (Å²) in [6, 6.07) is 12.2. The molecule has 0 saturated carbocycles. The van der Waals surface area contributed by atoms with Crippen LogP contribution in [0.2, 0.25) is 0 Å². The minimum absolute atomic E-state index is 0.00936. The Labute approximate surface area is 167 Å². The molecule has 150 valence electrons. The van der Waals surface area contributed by atoms with Crippen molar-refractivity contribution in [3.63, 3.8) is 0 Å². The van der Waals surface area contributed by atoms with Crippen LogP contribution in [0.3, 0.4) is 0 Å². The third kappa shape index (κ3) is 3.17. The summed E-state index contributed by atoms with van der Waals surface area (Å²) in [4.78, 5) is 9.35. The van der Waals surface area contributed by atoms with Crippen LogP contribution in [0, 0.1) is 5.41 Å². The van der Waals surface area contributed by atoms with Gasteiger partial charge >= 0.3 is 0 Å². The average Bonchev–Trinajstić information content (AvgIpc) is 3.26. The van der Waals surface area contributed by atoms with Crippen LogP contribution in [0.15, 0.2) is 48.2 Å². The summed E-state index contributed by atoms with van der Waals surface area (Å²) in [5.41, 5.74) is 2.48. The molecule has 1 aliphatic heterocycles. The van der Waals surface area contributed by atoms with Crippen molar-refractivity contribution in [2.75, 3.05) is 25.7 Å². The second-order valence-electron chi connectivity index (χ2n) is 6.68. The van der Waals surface area contributed by atoms with Crippen molar-refractivity contribution in [1.82, 2.24) is 9.97 Å². The van der Waals surface area contributed by atoms with Crippen LogP contribution in [0.4, 0.5) is 5.69 Å². The Balaban J connectivity index is 1.82. The molecule has 0 radical (unpaired) electrons. The van der Waals surface area contributed by atoms with Crippen molar-refractivity contribution in [1.29, 1.82) is 5.41 Å². The minimum Gasteiger partial charge on any atom is -0.509 e. The SMILES string of the molecule is COc1cc(OC)cc(N2C(=N)C(c3nc4ccccc4[nH]3)=C(O)[C@@H]2CCO)c1. The van der Waals surface area contributed by atoms with Gasteiger partial charge in [0.2, 0.25) is 0 Å². The molecule has 0 aliphatic carbocycles. The number of H-pyrrole nitrogens is 1. The Hall–Kier alpha value is -3.52. The highest BCUT2D eigenvalue weighted by molar-refractivity contribution is 6.31. The maximum Gasteiger partial charge on any atom is 0.145 e. The van der Waals surface area contributed by atoms with Crippen LogP contribution in [0.1, 0.15) is 12.2 Å². The van der Waals surface area contributed by atoms with Crippen molar-refractivity contribution in [2.45, 2.75) is 12.5 Å². The van der Waals surface area contributed by atoms with Gasteiger partial charge in [-0.05, 0) is 18.6 Å². The first-order valence-corrected chi connectivity index (χ1v) is 9.17. The lowest BCUT2D eigenvalue weighted by atomic mass is 10.1. The molecule has 1 aromatic heterocycles. The topological polar surface area (TPSA) is 115 Å². The summed E-state index contributed by atoms with van der Waals surface area (Å²) in [5, 5.41) is 29.3.